The molecule has 0 aromatic heterocycles. The van der Waals surface area contributed by atoms with E-state index in [1.165, 1.54) is 11.0 Å². The van der Waals surface area contributed by atoms with Gasteiger partial charge in [0.2, 0.25) is 11.7 Å². The van der Waals surface area contributed by atoms with Crippen LogP contribution in [0, 0.1) is 17.8 Å². The maximum atomic E-state index is 13.4. The number of epoxide rings is 1. The van der Waals surface area contributed by atoms with Crippen LogP contribution in [-0.4, -0.2) is 93.2 Å². The summed E-state index contributed by atoms with van der Waals surface area (Å²) in [6.07, 6.45) is 6.71. The minimum Gasteiger partial charge on any atom is -0.481 e. The molecule has 11 nitrogen and oxygen atoms in total. The van der Waals surface area contributed by atoms with Crippen LogP contribution in [0.3, 0.4) is 0 Å². The lowest BCUT2D eigenvalue weighted by Gasteiger charge is -2.51. The molecule has 0 radical (unpaired) electrons. The predicted octanol–water partition coefficient (Wildman–Crippen LogP) is 2.32. The Morgan fingerprint density at radius 1 is 1.19 bits per heavy atom. The average molecular weight is 588 g/mol. The summed E-state index contributed by atoms with van der Waals surface area (Å²) in [6, 6.07) is -1.08. The van der Waals surface area contributed by atoms with Gasteiger partial charge in [0.25, 0.3) is 0 Å². The lowest BCUT2D eigenvalue weighted by atomic mass is 9.82. The average Bonchev–Trinajstić information content (AvgIpc) is 3.67. The van der Waals surface area contributed by atoms with E-state index in [2.05, 4.69) is 6.92 Å². The van der Waals surface area contributed by atoms with Crippen LogP contribution in [0.5, 0.6) is 0 Å². The smallest absolute Gasteiger partial charge is 0.303 e. The van der Waals surface area contributed by atoms with Gasteiger partial charge in [-0.05, 0) is 52.2 Å². The molecule has 5 heterocycles. The molecule has 0 aromatic carbocycles. The Morgan fingerprint density at radius 2 is 1.90 bits per heavy atom. The maximum Gasteiger partial charge on any atom is 0.303 e. The fourth-order valence-electron chi connectivity index (χ4n) is 6.72. The van der Waals surface area contributed by atoms with Gasteiger partial charge < -0.3 is 34.1 Å². The molecule has 5 aliphatic heterocycles. The molecule has 42 heavy (non-hydrogen) atoms. The minimum absolute atomic E-state index is 0.0424. The number of likely N-dealkylation sites (tertiary alicyclic amines) is 1. The molecule has 0 aromatic rings. The monoisotopic (exact) mass is 587 g/mol. The van der Waals surface area contributed by atoms with Crippen LogP contribution in [0.25, 0.3) is 0 Å². The first-order valence-corrected chi connectivity index (χ1v) is 14.8. The van der Waals surface area contributed by atoms with Crippen molar-refractivity contribution < 1.29 is 48.3 Å². The second-order valence-electron chi connectivity index (χ2n) is 12.5. The third-order valence-electron chi connectivity index (χ3n) is 9.39. The van der Waals surface area contributed by atoms with E-state index in [1.54, 1.807) is 13.0 Å². The number of ketones is 2. The second-order valence-corrected chi connectivity index (χ2v) is 12.5. The number of aliphatic hydroxyl groups is 1. The Balaban J connectivity index is 1.28. The molecule has 1 amide bonds. The van der Waals surface area contributed by atoms with Gasteiger partial charge in [-0.2, -0.15) is 0 Å². The van der Waals surface area contributed by atoms with Crippen molar-refractivity contribution in [2.75, 3.05) is 6.61 Å². The molecule has 4 saturated heterocycles. The largest absolute Gasteiger partial charge is 0.481 e. The molecule has 0 saturated carbocycles. The zero-order valence-corrected chi connectivity index (χ0v) is 24.7. The summed E-state index contributed by atoms with van der Waals surface area (Å²) >= 11 is 0. The van der Waals surface area contributed by atoms with E-state index in [0.29, 0.717) is 13.0 Å². The quantitative estimate of drug-likeness (QED) is 0.135. The van der Waals surface area contributed by atoms with Crippen molar-refractivity contribution in [2.45, 2.75) is 108 Å². The topological polar surface area (TPSA) is 152 Å². The molecule has 1 spiro atoms. The Bertz CT molecular complexity index is 1220. The van der Waals surface area contributed by atoms with Crippen molar-refractivity contribution in [1.29, 1.82) is 0 Å². The minimum atomic E-state index is -1.56. The predicted molar refractivity (Wildman–Crippen MR) is 148 cm³/mol. The van der Waals surface area contributed by atoms with Crippen LogP contribution in [0.4, 0.5) is 0 Å². The van der Waals surface area contributed by atoms with Crippen LogP contribution in [0.15, 0.2) is 36.0 Å². The highest BCUT2D eigenvalue weighted by molar-refractivity contribution is 6.26. The number of aliphatic carboxylic acids is 1. The zero-order chi connectivity index (χ0) is 30.6. The van der Waals surface area contributed by atoms with Crippen molar-refractivity contribution in [3.63, 3.8) is 0 Å². The highest BCUT2D eigenvalue weighted by Gasteiger charge is 2.66. The van der Waals surface area contributed by atoms with Gasteiger partial charge >= 0.3 is 5.97 Å². The molecule has 5 aliphatic rings. The van der Waals surface area contributed by atoms with Gasteiger partial charge in [-0.15, -0.1) is 0 Å². The van der Waals surface area contributed by atoms with E-state index in [4.69, 9.17) is 18.9 Å². The summed E-state index contributed by atoms with van der Waals surface area (Å²) in [4.78, 5) is 52.5. The molecule has 0 aliphatic carbocycles. The van der Waals surface area contributed by atoms with Crippen molar-refractivity contribution in [2.24, 2.45) is 17.8 Å². The van der Waals surface area contributed by atoms with E-state index in [-0.39, 0.29) is 43.3 Å². The van der Waals surface area contributed by atoms with Crippen LogP contribution >= 0.6 is 0 Å². The van der Waals surface area contributed by atoms with Crippen LogP contribution in [0.2, 0.25) is 0 Å². The standard InChI is InChI=1S/C31H41NO10/c1-16(14-17(2)28-18(3)23-12-13-31(15-39-31)30(5,41-23)42-28)6-8-22(34)26-27(37)20(7-11-25(35)36)32(29(26)38)24-10-9-21(33)19(4)40-24/h6,8,12-14,17-21,23-24,26,28,33H,7,9-11,15H2,1-5H3,(H,35,36)/b8-6+,16-14+/t17-,18+,19?,20-,21?,23-,24?,26?,28?,30?,31-/m0/s1. The highest BCUT2D eigenvalue weighted by Crippen LogP contribution is 2.52. The van der Waals surface area contributed by atoms with Gasteiger partial charge in [0, 0.05) is 18.3 Å². The molecule has 6 unspecified atom stereocenters. The van der Waals surface area contributed by atoms with Crippen LogP contribution in [0.1, 0.15) is 60.3 Å². The third kappa shape index (κ3) is 5.53. The summed E-state index contributed by atoms with van der Waals surface area (Å²) in [5.41, 5.74) is 0.209. The zero-order valence-electron chi connectivity index (χ0n) is 24.7. The van der Waals surface area contributed by atoms with Gasteiger partial charge in [0.1, 0.15) is 6.23 Å². The molecule has 11 heteroatoms. The summed E-state index contributed by atoms with van der Waals surface area (Å²) in [5.74, 6) is -5.49. The lowest BCUT2D eigenvalue weighted by molar-refractivity contribution is -0.346. The molecule has 11 atom stereocenters. The van der Waals surface area contributed by atoms with E-state index >= 15 is 0 Å². The number of carboxylic acid groups (broad SMARTS) is 1. The number of rotatable bonds is 9. The van der Waals surface area contributed by atoms with Crippen molar-refractivity contribution in [3.8, 4) is 0 Å². The number of hydrogen-bond donors (Lipinski definition) is 2. The van der Waals surface area contributed by atoms with Gasteiger partial charge in [-0.1, -0.05) is 37.6 Å². The summed E-state index contributed by atoms with van der Waals surface area (Å²) in [6.45, 7) is 10.1. The number of carboxylic acids is 1. The Morgan fingerprint density at radius 3 is 2.55 bits per heavy atom. The molecule has 2 N–H and O–H groups in total. The number of carbonyl (C=O) groups excluding carboxylic acids is 3. The first-order valence-electron chi connectivity index (χ1n) is 14.8. The first kappa shape index (κ1) is 30.7. The molecule has 4 fully saturated rings. The van der Waals surface area contributed by atoms with Gasteiger partial charge in [0.05, 0.1) is 37.1 Å². The Kier molecular flexibility index (Phi) is 8.36. The molecular weight excluding hydrogens is 546 g/mol. The maximum absolute atomic E-state index is 13.4. The summed E-state index contributed by atoms with van der Waals surface area (Å²) < 4.78 is 24.2. The van der Waals surface area contributed by atoms with Gasteiger partial charge in [0.15, 0.2) is 23.1 Å². The fraction of sp³-hybridized carbons (Fsp3) is 0.677. The van der Waals surface area contributed by atoms with E-state index in [0.717, 1.165) is 5.57 Å². The summed E-state index contributed by atoms with van der Waals surface area (Å²) in [5, 5.41) is 19.2. The summed E-state index contributed by atoms with van der Waals surface area (Å²) in [7, 11) is 0. The number of nitrogens with zero attached hydrogens (tertiary/aromatic N) is 1. The lowest BCUT2D eigenvalue weighted by Crippen LogP contribution is -2.61. The van der Waals surface area contributed by atoms with Gasteiger partial charge in [-0.3, -0.25) is 19.2 Å². The molecule has 5 rings (SSSR count). The van der Waals surface area contributed by atoms with E-state index in [9.17, 15) is 29.4 Å². The van der Waals surface area contributed by atoms with Crippen LogP contribution in [-0.2, 0) is 38.1 Å². The number of aliphatic hydroxyl groups excluding tert-OH is 1. The fourth-order valence-corrected chi connectivity index (χ4v) is 6.72. The Labute approximate surface area is 245 Å². The van der Waals surface area contributed by atoms with Crippen molar-refractivity contribution >= 4 is 23.4 Å². The van der Waals surface area contributed by atoms with E-state index in [1.807, 2.05) is 39.0 Å². The number of Topliss-reactive ketones (excluding diaryl/α,β-unsaturated/α-hetero) is 1. The van der Waals surface area contributed by atoms with Crippen molar-refractivity contribution in [3.05, 3.63) is 36.0 Å². The first-order chi connectivity index (χ1) is 19.8. The number of allylic oxidation sites excluding steroid dienone is 3. The Hall–Kier alpha value is -2.70. The van der Waals surface area contributed by atoms with Crippen LogP contribution < -0.4 is 0 Å². The van der Waals surface area contributed by atoms with E-state index < -0.39 is 65.2 Å². The molecular formula is C31H41NO10. The third-order valence-corrected chi connectivity index (χ3v) is 9.39. The van der Waals surface area contributed by atoms with Crippen molar-refractivity contribution in [1.82, 2.24) is 4.90 Å². The second kappa shape index (κ2) is 11.4. The SMILES string of the molecule is CC(/C=C/C(=O)C1C(=O)[C@H](CCC(=O)O)N(C2CCC(O)C(C)O2)C1=O)=C\[C@H](C)C1OC2(C)O[C@@H](C=C[C@]23CO3)[C@H]1C. The molecule has 2 bridgehead atoms. The highest BCUT2D eigenvalue weighted by atomic mass is 16.8. The normalized spacial score (nSPS) is 42.4. The number of carbonyl (C=O) groups is 4. The number of hydrogen-bond acceptors (Lipinski definition) is 9. The molecule has 230 valence electrons. The van der Waals surface area contributed by atoms with Gasteiger partial charge in [-0.25, -0.2) is 0 Å². The number of amides is 1. The number of ether oxygens (including phenoxy) is 4. The number of fused-ring (bicyclic) bond motifs is 3.